The first kappa shape index (κ1) is 16.8. The van der Waals surface area contributed by atoms with Crippen LogP contribution >= 0.6 is 28.1 Å². The van der Waals surface area contributed by atoms with Gasteiger partial charge < -0.3 is 14.9 Å². The highest BCUT2D eigenvalue weighted by atomic mass is 79.9. The van der Waals surface area contributed by atoms with E-state index in [9.17, 15) is 0 Å². The topological polar surface area (TPSA) is 64.1 Å². The van der Waals surface area contributed by atoms with E-state index in [1.165, 1.54) is 0 Å². The van der Waals surface area contributed by atoms with Gasteiger partial charge in [0.05, 0.1) is 24.2 Å². The number of benzene rings is 1. The molecule has 0 amide bonds. The fourth-order valence-corrected chi connectivity index (χ4v) is 2.78. The Balaban J connectivity index is 2.22. The molecule has 0 aliphatic rings. The molecule has 22 heavy (non-hydrogen) atoms. The molecule has 0 aliphatic carbocycles. The molecule has 2 aromatic rings. The van der Waals surface area contributed by atoms with Crippen molar-refractivity contribution in [2.45, 2.75) is 33.4 Å². The number of aromatic nitrogens is 3. The van der Waals surface area contributed by atoms with Crippen molar-refractivity contribution >= 4 is 28.1 Å². The van der Waals surface area contributed by atoms with E-state index in [0.29, 0.717) is 22.8 Å². The number of halogens is 1. The number of hydrogen-bond donors (Lipinski definition) is 2. The third kappa shape index (κ3) is 3.80. The standard InChI is InChI=1S/C14H19BrN4O2S/c1-8(2)21-13-11(15)5-10(6-12(13)20-4)7-16-19-9(3)17-18-14(19)22/h5-6,8,16H,7H2,1-4H3,(H,18,22). The Morgan fingerprint density at radius 1 is 1.45 bits per heavy atom. The molecule has 1 aromatic carbocycles. The highest BCUT2D eigenvalue weighted by molar-refractivity contribution is 9.10. The average Bonchev–Trinajstić information content (AvgIpc) is 2.78. The second kappa shape index (κ2) is 7.15. The number of nitrogens with one attached hydrogen (secondary N) is 2. The van der Waals surface area contributed by atoms with Crippen LogP contribution in [-0.4, -0.2) is 28.1 Å². The highest BCUT2D eigenvalue weighted by Gasteiger charge is 2.13. The van der Waals surface area contributed by atoms with Crippen molar-refractivity contribution in [3.05, 3.63) is 32.8 Å². The predicted octanol–water partition coefficient (Wildman–Crippen LogP) is 3.55. The normalized spacial score (nSPS) is 10.8. The minimum atomic E-state index is 0.0704. The maximum atomic E-state index is 5.78. The Bertz CT molecular complexity index is 711. The van der Waals surface area contributed by atoms with Gasteiger partial charge in [-0.1, -0.05) is 0 Å². The number of aryl methyl sites for hydroxylation is 1. The highest BCUT2D eigenvalue weighted by Crippen LogP contribution is 2.37. The molecular formula is C14H19BrN4O2S. The number of hydrogen-bond acceptors (Lipinski definition) is 5. The molecule has 1 aromatic heterocycles. The molecule has 6 nitrogen and oxygen atoms in total. The van der Waals surface area contributed by atoms with Crippen molar-refractivity contribution in [3.63, 3.8) is 0 Å². The van der Waals surface area contributed by atoms with Gasteiger partial charge in [-0.25, -0.2) is 4.68 Å². The number of nitrogens with zero attached hydrogens (tertiary/aromatic N) is 2. The number of H-pyrrole nitrogens is 1. The summed E-state index contributed by atoms with van der Waals surface area (Å²) in [6.45, 7) is 6.40. The fourth-order valence-electron chi connectivity index (χ4n) is 1.96. The van der Waals surface area contributed by atoms with Crippen molar-refractivity contribution in [2.24, 2.45) is 0 Å². The molecule has 0 unspecified atom stereocenters. The molecule has 0 bridgehead atoms. The third-order valence-corrected chi connectivity index (χ3v) is 3.79. The largest absolute Gasteiger partial charge is 0.493 e. The van der Waals surface area contributed by atoms with Gasteiger partial charge in [0.1, 0.15) is 5.82 Å². The Morgan fingerprint density at radius 2 is 2.18 bits per heavy atom. The summed E-state index contributed by atoms with van der Waals surface area (Å²) in [5.74, 6) is 2.17. The molecule has 1 heterocycles. The molecule has 8 heteroatoms. The van der Waals surface area contributed by atoms with Crippen LogP contribution in [0, 0.1) is 11.7 Å². The van der Waals surface area contributed by atoms with E-state index < -0.39 is 0 Å². The van der Waals surface area contributed by atoms with E-state index in [0.717, 1.165) is 15.9 Å². The quantitative estimate of drug-likeness (QED) is 0.743. The van der Waals surface area contributed by atoms with Crippen LogP contribution in [0.1, 0.15) is 25.2 Å². The maximum Gasteiger partial charge on any atom is 0.214 e. The number of aromatic amines is 1. The second-order valence-corrected chi connectivity index (χ2v) is 6.26. The Morgan fingerprint density at radius 3 is 2.73 bits per heavy atom. The van der Waals surface area contributed by atoms with E-state index >= 15 is 0 Å². The lowest BCUT2D eigenvalue weighted by atomic mass is 10.2. The Labute approximate surface area is 142 Å². The predicted molar refractivity (Wildman–Crippen MR) is 91.7 cm³/mol. The van der Waals surface area contributed by atoms with E-state index in [-0.39, 0.29) is 6.10 Å². The van der Waals surface area contributed by atoms with Crippen molar-refractivity contribution < 1.29 is 9.47 Å². The summed E-state index contributed by atoms with van der Waals surface area (Å²) in [6, 6.07) is 3.93. The molecule has 0 saturated heterocycles. The van der Waals surface area contributed by atoms with Crippen LogP contribution in [0.25, 0.3) is 0 Å². The Kier molecular flexibility index (Phi) is 5.47. The molecule has 2 rings (SSSR count). The lowest BCUT2D eigenvalue weighted by Crippen LogP contribution is -2.16. The van der Waals surface area contributed by atoms with Crippen LogP contribution in [0.5, 0.6) is 11.5 Å². The summed E-state index contributed by atoms with van der Waals surface area (Å²) in [5.41, 5.74) is 4.25. The molecule has 120 valence electrons. The lowest BCUT2D eigenvalue weighted by molar-refractivity contribution is 0.228. The summed E-state index contributed by atoms with van der Waals surface area (Å²) < 4.78 is 14.3. The molecule has 0 atom stereocenters. The van der Waals surface area contributed by atoms with Crippen LogP contribution in [0.15, 0.2) is 16.6 Å². The summed E-state index contributed by atoms with van der Waals surface area (Å²) in [5, 5.41) is 6.79. The van der Waals surface area contributed by atoms with Gasteiger partial charge in [-0.05, 0) is 66.6 Å². The Hall–Kier alpha value is -1.54. The minimum absolute atomic E-state index is 0.0704. The molecule has 2 N–H and O–H groups in total. The van der Waals surface area contributed by atoms with Crippen molar-refractivity contribution in [3.8, 4) is 11.5 Å². The van der Waals surface area contributed by atoms with E-state index in [1.54, 1.807) is 11.8 Å². The fraction of sp³-hybridized carbons (Fsp3) is 0.429. The molecular weight excluding hydrogens is 368 g/mol. The number of methoxy groups -OCH3 is 1. The molecule has 0 radical (unpaired) electrons. The van der Waals surface area contributed by atoms with Crippen molar-refractivity contribution in [1.29, 1.82) is 0 Å². The van der Waals surface area contributed by atoms with Crippen LogP contribution in [-0.2, 0) is 6.54 Å². The van der Waals surface area contributed by atoms with E-state index in [4.69, 9.17) is 21.7 Å². The zero-order valence-corrected chi connectivity index (χ0v) is 15.3. The van der Waals surface area contributed by atoms with Gasteiger partial charge in [0.25, 0.3) is 0 Å². The van der Waals surface area contributed by atoms with Crippen molar-refractivity contribution in [2.75, 3.05) is 12.5 Å². The van der Waals surface area contributed by atoms with E-state index in [2.05, 4.69) is 31.6 Å². The average molecular weight is 387 g/mol. The van der Waals surface area contributed by atoms with Crippen LogP contribution in [0.2, 0.25) is 0 Å². The summed E-state index contributed by atoms with van der Waals surface area (Å²) >= 11 is 8.70. The first-order chi connectivity index (χ1) is 10.4. The first-order valence-electron chi connectivity index (χ1n) is 6.83. The summed E-state index contributed by atoms with van der Waals surface area (Å²) in [7, 11) is 1.63. The lowest BCUT2D eigenvalue weighted by Gasteiger charge is -2.17. The molecule has 0 saturated carbocycles. The summed E-state index contributed by atoms with van der Waals surface area (Å²) in [6.07, 6.45) is 0.0704. The van der Waals surface area contributed by atoms with Gasteiger partial charge in [0.15, 0.2) is 11.5 Å². The molecule has 0 fully saturated rings. The molecule has 0 aliphatic heterocycles. The van der Waals surface area contributed by atoms with Gasteiger partial charge in [-0.2, -0.15) is 5.10 Å². The monoisotopic (exact) mass is 386 g/mol. The third-order valence-electron chi connectivity index (χ3n) is 2.92. The smallest absolute Gasteiger partial charge is 0.214 e. The van der Waals surface area contributed by atoms with Crippen LogP contribution in [0.3, 0.4) is 0 Å². The van der Waals surface area contributed by atoms with Crippen LogP contribution in [0.4, 0.5) is 0 Å². The first-order valence-corrected chi connectivity index (χ1v) is 8.03. The van der Waals surface area contributed by atoms with Gasteiger partial charge >= 0.3 is 0 Å². The maximum absolute atomic E-state index is 5.78. The number of rotatable bonds is 6. The SMILES string of the molecule is COc1cc(CNn2c(C)n[nH]c2=S)cc(Br)c1OC(C)C. The van der Waals surface area contributed by atoms with Gasteiger partial charge in [0.2, 0.25) is 4.77 Å². The number of ether oxygens (including phenoxy) is 2. The molecule has 0 spiro atoms. The van der Waals surface area contributed by atoms with Crippen molar-refractivity contribution in [1.82, 2.24) is 14.9 Å². The minimum Gasteiger partial charge on any atom is -0.493 e. The van der Waals surface area contributed by atoms with E-state index in [1.807, 2.05) is 32.9 Å². The van der Waals surface area contributed by atoms with Crippen LogP contribution < -0.4 is 14.9 Å². The van der Waals surface area contributed by atoms with Gasteiger partial charge in [0, 0.05) is 0 Å². The summed E-state index contributed by atoms with van der Waals surface area (Å²) in [4.78, 5) is 0. The van der Waals surface area contributed by atoms with Gasteiger partial charge in [-0.15, -0.1) is 0 Å². The zero-order valence-electron chi connectivity index (χ0n) is 12.9. The zero-order chi connectivity index (χ0) is 16.3. The van der Waals surface area contributed by atoms with Gasteiger partial charge in [-0.3, -0.25) is 5.10 Å². The second-order valence-electron chi connectivity index (χ2n) is 5.02.